The van der Waals surface area contributed by atoms with E-state index >= 15 is 0 Å². The van der Waals surface area contributed by atoms with Crippen LogP contribution in [0.4, 0.5) is 0 Å². The van der Waals surface area contributed by atoms with E-state index in [-0.39, 0.29) is 10.8 Å². The Bertz CT molecular complexity index is 1380. The van der Waals surface area contributed by atoms with Gasteiger partial charge in [-0.3, -0.25) is 4.98 Å². The molecular weight excluding hydrogens is 438 g/mol. The summed E-state index contributed by atoms with van der Waals surface area (Å²) in [6.45, 7) is 6.11. The zero-order chi connectivity index (χ0) is 23.6. The van der Waals surface area contributed by atoms with Crippen molar-refractivity contribution < 1.29 is 12.8 Å². The zero-order valence-electron chi connectivity index (χ0n) is 18.9. The standard InChI is InChI=1S/C24H25N5O3S/c1-15(2)33(30,31)19-8-6-18(7-9-19)21-13-26-14-22(27-21)24-29-28-23(32-24)20-10-5-17(12-25-4)11-16(20)3/h5-11,13-15,25H,12H2,1-4H3. The van der Waals surface area contributed by atoms with Crippen molar-refractivity contribution in [2.24, 2.45) is 0 Å². The van der Waals surface area contributed by atoms with Crippen LogP contribution in [0.15, 0.2) is 64.2 Å². The number of aryl methyl sites for hydroxylation is 1. The van der Waals surface area contributed by atoms with Gasteiger partial charge in [0.25, 0.3) is 5.89 Å². The van der Waals surface area contributed by atoms with E-state index in [1.807, 2.05) is 26.1 Å². The van der Waals surface area contributed by atoms with Gasteiger partial charge >= 0.3 is 0 Å². The van der Waals surface area contributed by atoms with Crippen LogP contribution >= 0.6 is 0 Å². The van der Waals surface area contributed by atoms with Crippen molar-refractivity contribution >= 4 is 9.84 Å². The molecule has 0 atom stereocenters. The molecule has 170 valence electrons. The fourth-order valence-corrected chi connectivity index (χ4v) is 4.47. The normalized spacial score (nSPS) is 11.8. The van der Waals surface area contributed by atoms with Gasteiger partial charge in [0.1, 0.15) is 5.69 Å². The Morgan fingerprint density at radius 1 is 0.970 bits per heavy atom. The molecule has 33 heavy (non-hydrogen) atoms. The molecule has 0 saturated heterocycles. The Morgan fingerprint density at radius 2 is 1.67 bits per heavy atom. The lowest BCUT2D eigenvalue weighted by atomic mass is 10.1. The van der Waals surface area contributed by atoms with E-state index < -0.39 is 15.1 Å². The second kappa shape index (κ2) is 9.21. The highest BCUT2D eigenvalue weighted by Gasteiger charge is 2.19. The van der Waals surface area contributed by atoms with Crippen molar-refractivity contribution in [2.45, 2.75) is 37.5 Å². The molecule has 0 fully saturated rings. The Kier molecular flexibility index (Phi) is 6.35. The van der Waals surface area contributed by atoms with E-state index in [0.29, 0.717) is 17.3 Å². The number of hydrogen-bond donors (Lipinski definition) is 1. The molecule has 4 aromatic rings. The van der Waals surface area contributed by atoms with Crippen LogP contribution in [0.1, 0.15) is 25.0 Å². The number of hydrogen-bond acceptors (Lipinski definition) is 8. The maximum Gasteiger partial charge on any atom is 0.268 e. The lowest BCUT2D eigenvalue weighted by Crippen LogP contribution is -2.13. The summed E-state index contributed by atoms with van der Waals surface area (Å²) in [5.41, 5.74) is 4.82. The van der Waals surface area contributed by atoms with E-state index in [1.165, 1.54) is 5.56 Å². The van der Waals surface area contributed by atoms with E-state index in [9.17, 15) is 8.42 Å². The SMILES string of the molecule is CNCc1ccc(-c2nnc(-c3cncc(-c4ccc(S(=O)(=O)C(C)C)cc4)n3)o2)c(C)c1. The molecule has 0 aliphatic rings. The third-order valence-corrected chi connectivity index (χ3v) is 7.45. The summed E-state index contributed by atoms with van der Waals surface area (Å²) in [4.78, 5) is 9.13. The minimum atomic E-state index is -3.33. The molecule has 8 nitrogen and oxygen atoms in total. The molecule has 0 bridgehead atoms. The summed E-state index contributed by atoms with van der Waals surface area (Å²) < 4.78 is 30.6. The van der Waals surface area contributed by atoms with Crippen LogP contribution in [0.25, 0.3) is 34.3 Å². The van der Waals surface area contributed by atoms with Crippen molar-refractivity contribution in [2.75, 3.05) is 7.05 Å². The first-order valence-electron chi connectivity index (χ1n) is 10.5. The van der Waals surface area contributed by atoms with Gasteiger partial charge in [-0.15, -0.1) is 10.2 Å². The second-order valence-electron chi connectivity index (χ2n) is 8.00. The number of rotatable bonds is 7. The van der Waals surface area contributed by atoms with Crippen LogP contribution in [0.2, 0.25) is 0 Å². The first kappa shape index (κ1) is 22.8. The van der Waals surface area contributed by atoms with Crippen molar-refractivity contribution in [3.8, 4) is 34.3 Å². The highest BCUT2D eigenvalue weighted by molar-refractivity contribution is 7.92. The number of sulfone groups is 1. The van der Waals surface area contributed by atoms with Crippen molar-refractivity contribution in [3.63, 3.8) is 0 Å². The van der Waals surface area contributed by atoms with Gasteiger partial charge in [-0.1, -0.05) is 24.3 Å². The van der Waals surface area contributed by atoms with Crippen LogP contribution < -0.4 is 5.32 Å². The first-order valence-corrected chi connectivity index (χ1v) is 12.1. The van der Waals surface area contributed by atoms with Gasteiger partial charge < -0.3 is 9.73 Å². The Hall–Kier alpha value is -3.43. The zero-order valence-corrected chi connectivity index (χ0v) is 19.7. The molecule has 0 unspecified atom stereocenters. The third-order valence-electron chi connectivity index (χ3n) is 5.28. The van der Waals surface area contributed by atoms with Gasteiger partial charge in [-0.05, 0) is 57.1 Å². The van der Waals surface area contributed by atoms with Crippen molar-refractivity contribution in [3.05, 3.63) is 66.0 Å². The molecule has 1 N–H and O–H groups in total. The number of aromatic nitrogens is 4. The lowest BCUT2D eigenvalue weighted by Gasteiger charge is -2.08. The Labute approximate surface area is 193 Å². The minimum absolute atomic E-state index is 0.261. The molecule has 0 saturated carbocycles. The molecule has 0 aliphatic heterocycles. The van der Waals surface area contributed by atoms with Crippen LogP contribution in [0.5, 0.6) is 0 Å². The average Bonchev–Trinajstić information content (AvgIpc) is 3.29. The molecule has 0 amide bonds. The van der Waals surface area contributed by atoms with E-state index in [0.717, 1.165) is 23.2 Å². The maximum atomic E-state index is 12.4. The van der Waals surface area contributed by atoms with Gasteiger partial charge in [0.2, 0.25) is 5.89 Å². The first-order chi connectivity index (χ1) is 15.8. The predicted octanol–water partition coefficient (Wildman–Crippen LogP) is 4.07. The molecule has 0 aliphatic carbocycles. The summed E-state index contributed by atoms with van der Waals surface area (Å²) in [5, 5.41) is 11.0. The Balaban J connectivity index is 1.61. The van der Waals surface area contributed by atoms with Crippen molar-refractivity contribution in [1.82, 2.24) is 25.5 Å². The topological polar surface area (TPSA) is 111 Å². The highest BCUT2D eigenvalue weighted by atomic mass is 32.2. The van der Waals surface area contributed by atoms with Crippen molar-refractivity contribution in [1.29, 1.82) is 0 Å². The van der Waals surface area contributed by atoms with Crippen LogP contribution in [0.3, 0.4) is 0 Å². The highest BCUT2D eigenvalue weighted by Crippen LogP contribution is 2.27. The fourth-order valence-electron chi connectivity index (χ4n) is 3.41. The lowest BCUT2D eigenvalue weighted by molar-refractivity contribution is 0.581. The minimum Gasteiger partial charge on any atom is -0.415 e. The van der Waals surface area contributed by atoms with E-state index in [1.54, 1.807) is 50.5 Å². The predicted molar refractivity (Wildman–Crippen MR) is 126 cm³/mol. The Morgan fingerprint density at radius 3 is 2.33 bits per heavy atom. The van der Waals surface area contributed by atoms with Crippen LogP contribution in [-0.2, 0) is 16.4 Å². The van der Waals surface area contributed by atoms with E-state index in [4.69, 9.17) is 4.42 Å². The molecule has 2 heterocycles. The van der Waals surface area contributed by atoms with Gasteiger partial charge in [-0.25, -0.2) is 13.4 Å². The summed E-state index contributed by atoms with van der Waals surface area (Å²) >= 11 is 0. The number of nitrogens with zero attached hydrogens (tertiary/aromatic N) is 4. The number of nitrogens with one attached hydrogen (secondary N) is 1. The largest absolute Gasteiger partial charge is 0.415 e. The average molecular weight is 464 g/mol. The monoisotopic (exact) mass is 463 g/mol. The van der Waals surface area contributed by atoms with E-state index in [2.05, 4.69) is 31.5 Å². The quantitative estimate of drug-likeness (QED) is 0.437. The summed E-state index contributed by atoms with van der Waals surface area (Å²) in [6, 6.07) is 12.7. The summed E-state index contributed by atoms with van der Waals surface area (Å²) in [6.07, 6.45) is 3.17. The van der Waals surface area contributed by atoms with Gasteiger partial charge in [-0.2, -0.15) is 0 Å². The van der Waals surface area contributed by atoms with Gasteiger partial charge in [0, 0.05) is 17.7 Å². The second-order valence-corrected chi connectivity index (χ2v) is 10.5. The molecule has 9 heteroatoms. The molecule has 2 aromatic carbocycles. The summed E-state index contributed by atoms with van der Waals surface area (Å²) in [5.74, 6) is 0.672. The smallest absolute Gasteiger partial charge is 0.268 e. The summed E-state index contributed by atoms with van der Waals surface area (Å²) in [7, 11) is -1.43. The molecule has 0 spiro atoms. The maximum absolute atomic E-state index is 12.4. The van der Waals surface area contributed by atoms with Crippen LogP contribution in [0, 0.1) is 6.92 Å². The molecule has 0 radical (unpaired) electrons. The fraction of sp³-hybridized carbons (Fsp3) is 0.250. The van der Waals surface area contributed by atoms with Gasteiger partial charge in [0.05, 0.1) is 28.2 Å². The number of benzene rings is 2. The van der Waals surface area contributed by atoms with Gasteiger partial charge in [0.15, 0.2) is 9.84 Å². The molecule has 2 aromatic heterocycles. The third kappa shape index (κ3) is 4.69. The molecule has 4 rings (SSSR count). The molecular formula is C24H25N5O3S. The van der Waals surface area contributed by atoms with Crippen LogP contribution in [-0.4, -0.2) is 40.9 Å².